The predicted octanol–water partition coefficient (Wildman–Crippen LogP) is 3.85. The van der Waals surface area contributed by atoms with Crippen LogP contribution in [-0.2, 0) is 10.1 Å². The van der Waals surface area contributed by atoms with Gasteiger partial charge in [-0.2, -0.15) is 13.5 Å². The number of ether oxygens (including phenoxy) is 1. The van der Waals surface area contributed by atoms with Gasteiger partial charge in [0, 0.05) is 10.9 Å². The van der Waals surface area contributed by atoms with Gasteiger partial charge < -0.3 is 15.2 Å². The van der Waals surface area contributed by atoms with Gasteiger partial charge in [-0.25, -0.2) is 0 Å². The fourth-order valence-corrected chi connectivity index (χ4v) is 5.04. The van der Waals surface area contributed by atoms with Crippen LogP contribution in [0.2, 0.25) is 10.0 Å². The molecule has 0 spiro atoms. The number of anilines is 1. The van der Waals surface area contributed by atoms with Crippen LogP contribution >= 0.6 is 23.2 Å². The van der Waals surface area contributed by atoms with Gasteiger partial charge >= 0.3 is 29.6 Å². The van der Waals surface area contributed by atoms with Gasteiger partial charge in [0.15, 0.2) is 0 Å². The van der Waals surface area contributed by atoms with Gasteiger partial charge in [0.05, 0.1) is 23.0 Å². The molecule has 13 heteroatoms. The van der Waals surface area contributed by atoms with E-state index in [1.807, 2.05) is 0 Å². The average molecular weight is 596 g/mol. The van der Waals surface area contributed by atoms with E-state index in [0.29, 0.717) is 28.7 Å². The molecular formula is C26H20Cl2N3NaO6S. The Bertz CT molecular complexity index is 1710. The number of rotatable bonds is 7. The molecule has 0 aliphatic heterocycles. The maximum absolute atomic E-state index is 13.4. The zero-order valence-electron chi connectivity index (χ0n) is 21.0. The van der Waals surface area contributed by atoms with Gasteiger partial charge in [-0.05, 0) is 49.1 Å². The summed E-state index contributed by atoms with van der Waals surface area (Å²) in [6, 6.07) is 15.6. The summed E-state index contributed by atoms with van der Waals surface area (Å²) in [7, 11) is -4.62. The molecule has 196 valence electrons. The number of nitrogens with zero attached hydrogens (tertiary/aromatic N) is 2. The van der Waals surface area contributed by atoms with E-state index in [0.717, 1.165) is 6.07 Å². The molecule has 0 aliphatic rings. The minimum Gasteiger partial charge on any atom is -0.870 e. The molecule has 4 rings (SSSR count). The van der Waals surface area contributed by atoms with Crippen molar-refractivity contribution in [3.63, 3.8) is 0 Å². The van der Waals surface area contributed by atoms with Gasteiger partial charge in [0.2, 0.25) is 0 Å². The SMILES string of the molecule is CCOc1cccc(NC(=O)c2cc3ccccc3c(N=Nc3c(C)ccc(S(=O)(=O)O)c3Cl)c2[O-])c1Cl.[Na+]. The van der Waals surface area contributed by atoms with Crippen molar-refractivity contribution >= 4 is 67.1 Å². The molecule has 4 aromatic carbocycles. The van der Waals surface area contributed by atoms with Gasteiger partial charge in [-0.3, -0.25) is 9.35 Å². The Balaban J connectivity index is 0.00000420. The summed E-state index contributed by atoms with van der Waals surface area (Å²) in [5, 5.41) is 25.0. The van der Waals surface area contributed by atoms with E-state index >= 15 is 0 Å². The van der Waals surface area contributed by atoms with E-state index in [-0.39, 0.29) is 62.2 Å². The van der Waals surface area contributed by atoms with Gasteiger partial charge in [-0.1, -0.05) is 65.3 Å². The van der Waals surface area contributed by atoms with Crippen molar-refractivity contribution in [3.05, 3.63) is 81.8 Å². The number of hydrogen-bond donors (Lipinski definition) is 2. The van der Waals surface area contributed by atoms with E-state index in [1.165, 1.54) is 12.1 Å². The second-order valence-electron chi connectivity index (χ2n) is 8.05. The summed E-state index contributed by atoms with van der Waals surface area (Å²) in [6.07, 6.45) is 0. The number of azo groups is 1. The van der Waals surface area contributed by atoms with Crippen LogP contribution in [0.4, 0.5) is 17.1 Å². The van der Waals surface area contributed by atoms with Crippen LogP contribution < -0.4 is 44.7 Å². The summed E-state index contributed by atoms with van der Waals surface area (Å²) in [6.45, 7) is 3.77. The van der Waals surface area contributed by atoms with Crippen molar-refractivity contribution < 1.29 is 57.2 Å². The number of amides is 1. The normalized spacial score (nSPS) is 11.4. The number of carbonyl (C=O) groups is 1. The monoisotopic (exact) mass is 595 g/mol. The van der Waals surface area contributed by atoms with Crippen molar-refractivity contribution in [2.75, 3.05) is 11.9 Å². The zero-order valence-corrected chi connectivity index (χ0v) is 25.4. The smallest absolute Gasteiger partial charge is 0.870 e. The molecule has 0 fully saturated rings. The van der Waals surface area contributed by atoms with E-state index in [2.05, 4.69) is 15.5 Å². The number of fused-ring (bicyclic) bond motifs is 1. The Morgan fingerprint density at radius 2 is 1.72 bits per heavy atom. The first-order valence-corrected chi connectivity index (χ1v) is 13.4. The number of nitrogens with one attached hydrogen (secondary N) is 1. The van der Waals surface area contributed by atoms with Crippen molar-refractivity contribution in [2.24, 2.45) is 10.2 Å². The molecule has 0 aliphatic carbocycles. The van der Waals surface area contributed by atoms with E-state index < -0.39 is 26.7 Å². The Morgan fingerprint density at radius 3 is 2.41 bits per heavy atom. The number of halogens is 2. The molecule has 0 bridgehead atoms. The quantitative estimate of drug-likeness (QED) is 0.189. The van der Waals surface area contributed by atoms with E-state index in [4.69, 9.17) is 27.9 Å². The van der Waals surface area contributed by atoms with Crippen LogP contribution in [0.15, 0.2) is 75.8 Å². The summed E-state index contributed by atoms with van der Waals surface area (Å²) in [4.78, 5) is 12.6. The number of carbonyl (C=O) groups excluding carboxylic acids is 1. The van der Waals surface area contributed by atoms with Crippen LogP contribution in [0.25, 0.3) is 10.8 Å². The van der Waals surface area contributed by atoms with E-state index in [9.17, 15) is 22.9 Å². The second kappa shape index (κ2) is 12.6. The Labute approximate surface area is 256 Å². The molecule has 0 saturated heterocycles. The number of hydrogen-bond acceptors (Lipinski definition) is 7. The van der Waals surface area contributed by atoms with Gasteiger partial charge in [-0.15, -0.1) is 5.11 Å². The largest absolute Gasteiger partial charge is 1.00 e. The zero-order chi connectivity index (χ0) is 27.6. The summed E-state index contributed by atoms with van der Waals surface area (Å²) in [5.74, 6) is -1.07. The fourth-order valence-electron chi connectivity index (χ4n) is 3.71. The molecule has 39 heavy (non-hydrogen) atoms. The van der Waals surface area contributed by atoms with E-state index in [1.54, 1.807) is 56.3 Å². The third kappa shape index (κ3) is 6.55. The molecule has 0 unspecified atom stereocenters. The van der Waals surface area contributed by atoms with Crippen LogP contribution in [-0.4, -0.2) is 25.5 Å². The maximum Gasteiger partial charge on any atom is 1.00 e. The molecule has 4 aromatic rings. The minimum absolute atomic E-state index is 0. The predicted molar refractivity (Wildman–Crippen MR) is 144 cm³/mol. The number of benzene rings is 4. The first-order valence-electron chi connectivity index (χ1n) is 11.2. The summed E-state index contributed by atoms with van der Waals surface area (Å²) >= 11 is 12.5. The first-order chi connectivity index (χ1) is 18.0. The third-order valence-electron chi connectivity index (χ3n) is 5.54. The molecule has 0 atom stereocenters. The Morgan fingerprint density at radius 1 is 1.03 bits per heavy atom. The minimum atomic E-state index is -4.62. The van der Waals surface area contributed by atoms with Crippen LogP contribution in [0.1, 0.15) is 22.8 Å². The van der Waals surface area contributed by atoms with Crippen molar-refractivity contribution in [1.82, 2.24) is 0 Å². The van der Waals surface area contributed by atoms with Crippen LogP contribution in [0.3, 0.4) is 0 Å². The second-order valence-corrected chi connectivity index (χ2v) is 10.2. The van der Waals surface area contributed by atoms with Crippen molar-refractivity contribution in [3.8, 4) is 11.5 Å². The van der Waals surface area contributed by atoms with Crippen molar-refractivity contribution in [1.29, 1.82) is 0 Å². The molecule has 0 heterocycles. The summed E-state index contributed by atoms with van der Waals surface area (Å²) in [5.41, 5.74) is 0.267. The van der Waals surface area contributed by atoms with Crippen LogP contribution in [0, 0.1) is 6.92 Å². The van der Waals surface area contributed by atoms with Gasteiger partial charge in [0.25, 0.3) is 16.0 Å². The standard InChI is InChI=1S/C26H21Cl2N3O6S.Na/c1-3-37-19-10-6-9-18(21(19)27)29-26(33)17-13-15-7-4-5-8-16(15)24(25(17)32)31-30-23-14(2)11-12-20(22(23)28)38(34,35)36;/h4-13,32H,3H2,1-2H3,(H,29,33)(H,34,35,36);/q;+1/p-1. The average Bonchev–Trinajstić information content (AvgIpc) is 2.86. The van der Waals surface area contributed by atoms with Gasteiger partial charge in [0.1, 0.15) is 21.4 Å². The maximum atomic E-state index is 13.4. The molecule has 2 N–H and O–H groups in total. The molecule has 1 amide bonds. The van der Waals surface area contributed by atoms with Crippen molar-refractivity contribution in [2.45, 2.75) is 18.7 Å². The topological polar surface area (TPSA) is 140 Å². The third-order valence-corrected chi connectivity index (χ3v) is 7.32. The van der Waals surface area contributed by atoms with Crippen LogP contribution in [0.5, 0.6) is 11.5 Å². The summed E-state index contributed by atoms with van der Waals surface area (Å²) < 4.78 is 38.2. The fraction of sp³-hybridized carbons (Fsp3) is 0.115. The number of aryl methyl sites for hydroxylation is 1. The Hall–Kier alpha value is -2.70. The Kier molecular flexibility index (Phi) is 10.0. The molecule has 9 nitrogen and oxygen atoms in total. The molecular weight excluding hydrogens is 576 g/mol. The first kappa shape index (κ1) is 30.8. The molecule has 0 aromatic heterocycles. The molecule has 0 radical (unpaired) electrons. The molecule has 0 saturated carbocycles.